The summed E-state index contributed by atoms with van der Waals surface area (Å²) in [4.78, 5) is 0. The summed E-state index contributed by atoms with van der Waals surface area (Å²) in [7, 11) is 0. The summed E-state index contributed by atoms with van der Waals surface area (Å²) in [6.45, 7) is 6.24. The standard InChI is InChI=1S/C16H33NO4/c17-8-2-1-3-9-18-13-14-19-10-4-5-12-21-16-7-6-11-20-15-16/h16H,1-15,17H2. The van der Waals surface area contributed by atoms with Crippen LogP contribution in [0.2, 0.25) is 0 Å². The molecular formula is C16H33NO4. The Labute approximate surface area is 129 Å². The van der Waals surface area contributed by atoms with Gasteiger partial charge in [-0.2, -0.15) is 0 Å². The number of unbranched alkanes of at least 4 members (excludes halogenated alkanes) is 3. The zero-order valence-corrected chi connectivity index (χ0v) is 13.4. The van der Waals surface area contributed by atoms with Crippen molar-refractivity contribution >= 4 is 0 Å². The molecule has 0 spiro atoms. The van der Waals surface area contributed by atoms with Crippen molar-refractivity contribution in [1.29, 1.82) is 0 Å². The van der Waals surface area contributed by atoms with Crippen molar-refractivity contribution in [2.45, 2.75) is 51.0 Å². The van der Waals surface area contributed by atoms with Crippen LogP contribution in [0.25, 0.3) is 0 Å². The van der Waals surface area contributed by atoms with Gasteiger partial charge in [0.25, 0.3) is 0 Å². The third-order valence-electron chi connectivity index (χ3n) is 3.52. The summed E-state index contributed by atoms with van der Waals surface area (Å²) < 4.78 is 22.1. The lowest BCUT2D eigenvalue weighted by Crippen LogP contribution is -2.25. The smallest absolute Gasteiger partial charge is 0.0809 e. The second-order valence-electron chi connectivity index (χ2n) is 5.49. The van der Waals surface area contributed by atoms with Crippen molar-refractivity contribution in [3.63, 3.8) is 0 Å². The van der Waals surface area contributed by atoms with E-state index >= 15 is 0 Å². The van der Waals surface area contributed by atoms with E-state index in [1.165, 1.54) is 0 Å². The van der Waals surface area contributed by atoms with E-state index in [0.29, 0.717) is 19.3 Å². The maximum atomic E-state index is 5.76. The van der Waals surface area contributed by atoms with Crippen molar-refractivity contribution < 1.29 is 18.9 Å². The van der Waals surface area contributed by atoms with Crippen molar-refractivity contribution in [3.8, 4) is 0 Å². The van der Waals surface area contributed by atoms with Crippen molar-refractivity contribution in [1.82, 2.24) is 0 Å². The molecule has 1 aliphatic heterocycles. The van der Waals surface area contributed by atoms with Gasteiger partial charge in [-0.25, -0.2) is 0 Å². The van der Waals surface area contributed by atoms with Crippen LogP contribution in [0, 0.1) is 0 Å². The van der Waals surface area contributed by atoms with Crippen LogP contribution < -0.4 is 5.73 Å². The molecule has 1 atom stereocenters. The Hall–Kier alpha value is -0.200. The summed E-state index contributed by atoms with van der Waals surface area (Å²) in [5.41, 5.74) is 5.43. The van der Waals surface area contributed by atoms with Crippen molar-refractivity contribution in [2.24, 2.45) is 5.73 Å². The molecule has 21 heavy (non-hydrogen) atoms. The first-order valence-electron chi connectivity index (χ1n) is 8.48. The van der Waals surface area contributed by atoms with Crippen molar-refractivity contribution in [2.75, 3.05) is 52.8 Å². The highest BCUT2D eigenvalue weighted by molar-refractivity contribution is 4.61. The SMILES string of the molecule is NCCCCCOCCOCCCCOC1CCCOC1. The van der Waals surface area contributed by atoms with Gasteiger partial charge in [-0.05, 0) is 51.5 Å². The average molecular weight is 303 g/mol. The number of hydrogen-bond donors (Lipinski definition) is 1. The second kappa shape index (κ2) is 14.7. The molecule has 1 aliphatic rings. The monoisotopic (exact) mass is 303 g/mol. The highest BCUT2D eigenvalue weighted by atomic mass is 16.5. The summed E-state index contributed by atoms with van der Waals surface area (Å²) in [5.74, 6) is 0. The predicted molar refractivity (Wildman–Crippen MR) is 83.6 cm³/mol. The van der Waals surface area contributed by atoms with Crippen LogP contribution in [0.5, 0.6) is 0 Å². The number of rotatable bonds is 14. The molecule has 0 aromatic rings. The molecule has 0 aromatic heterocycles. The van der Waals surface area contributed by atoms with Crippen molar-refractivity contribution in [3.05, 3.63) is 0 Å². The molecule has 126 valence electrons. The van der Waals surface area contributed by atoms with Crippen LogP contribution in [0.15, 0.2) is 0 Å². The van der Waals surface area contributed by atoms with Crippen LogP contribution >= 0.6 is 0 Å². The number of nitrogens with two attached hydrogens (primary N) is 1. The predicted octanol–water partition coefficient (Wildman–Crippen LogP) is 2.12. The Kier molecular flexibility index (Phi) is 13.2. The number of hydrogen-bond acceptors (Lipinski definition) is 5. The fraction of sp³-hybridized carbons (Fsp3) is 1.00. The molecule has 0 aliphatic carbocycles. The minimum Gasteiger partial charge on any atom is -0.379 e. The molecule has 2 N–H and O–H groups in total. The molecule has 0 bridgehead atoms. The first-order chi connectivity index (χ1) is 10.4. The summed E-state index contributed by atoms with van der Waals surface area (Å²) >= 11 is 0. The molecule has 5 heteroatoms. The Balaban J connectivity index is 1.69. The normalized spacial score (nSPS) is 19.0. The van der Waals surface area contributed by atoms with E-state index in [-0.39, 0.29) is 0 Å². The van der Waals surface area contributed by atoms with E-state index in [1.807, 2.05) is 0 Å². The van der Waals surface area contributed by atoms with E-state index in [9.17, 15) is 0 Å². The van der Waals surface area contributed by atoms with E-state index in [1.54, 1.807) is 0 Å². The summed E-state index contributed by atoms with van der Waals surface area (Å²) in [6.07, 6.45) is 8.02. The lowest BCUT2D eigenvalue weighted by atomic mass is 10.2. The molecule has 5 nitrogen and oxygen atoms in total. The van der Waals surface area contributed by atoms with E-state index < -0.39 is 0 Å². The highest BCUT2D eigenvalue weighted by Crippen LogP contribution is 2.10. The van der Waals surface area contributed by atoms with E-state index in [4.69, 9.17) is 24.7 Å². The summed E-state index contributed by atoms with van der Waals surface area (Å²) in [5, 5.41) is 0. The summed E-state index contributed by atoms with van der Waals surface area (Å²) in [6, 6.07) is 0. The molecule has 1 heterocycles. The van der Waals surface area contributed by atoms with Gasteiger partial charge in [-0.3, -0.25) is 0 Å². The molecule has 1 unspecified atom stereocenters. The van der Waals surface area contributed by atoms with Gasteiger partial charge < -0.3 is 24.7 Å². The quantitative estimate of drug-likeness (QED) is 0.498. The minimum atomic E-state index is 0.312. The maximum Gasteiger partial charge on any atom is 0.0809 e. The lowest BCUT2D eigenvalue weighted by Gasteiger charge is -2.22. The Morgan fingerprint density at radius 1 is 0.857 bits per heavy atom. The molecule has 0 radical (unpaired) electrons. The molecule has 1 saturated heterocycles. The molecule has 0 saturated carbocycles. The van der Waals surface area contributed by atoms with Crippen LogP contribution in [-0.4, -0.2) is 58.9 Å². The third kappa shape index (κ3) is 12.1. The highest BCUT2D eigenvalue weighted by Gasteiger charge is 2.13. The van der Waals surface area contributed by atoms with E-state index in [2.05, 4.69) is 0 Å². The van der Waals surface area contributed by atoms with Gasteiger partial charge in [0.2, 0.25) is 0 Å². The van der Waals surface area contributed by atoms with Crippen LogP contribution in [0.1, 0.15) is 44.9 Å². The largest absolute Gasteiger partial charge is 0.379 e. The van der Waals surface area contributed by atoms with Gasteiger partial charge >= 0.3 is 0 Å². The van der Waals surface area contributed by atoms with Crippen LogP contribution in [0.3, 0.4) is 0 Å². The Morgan fingerprint density at radius 3 is 2.24 bits per heavy atom. The molecule has 0 aromatic carbocycles. The topological polar surface area (TPSA) is 62.9 Å². The maximum absolute atomic E-state index is 5.76. The van der Waals surface area contributed by atoms with Crippen LogP contribution in [-0.2, 0) is 18.9 Å². The molecule has 1 rings (SSSR count). The van der Waals surface area contributed by atoms with Gasteiger partial charge in [0.15, 0.2) is 0 Å². The van der Waals surface area contributed by atoms with Gasteiger partial charge in [0, 0.05) is 26.4 Å². The van der Waals surface area contributed by atoms with E-state index in [0.717, 1.165) is 84.5 Å². The minimum absolute atomic E-state index is 0.312. The van der Waals surface area contributed by atoms with Gasteiger partial charge in [0.1, 0.15) is 0 Å². The van der Waals surface area contributed by atoms with Crippen LogP contribution in [0.4, 0.5) is 0 Å². The average Bonchev–Trinajstić information content (AvgIpc) is 2.53. The Bertz CT molecular complexity index is 210. The second-order valence-corrected chi connectivity index (χ2v) is 5.49. The molecular weight excluding hydrogens is 270 g/mol. The molecule has 0 amide bonds. The zero-order chi connectivity index (χ0) is 15.0. The zero-order valence-electron chi connectivity index (χ0n) is 13.4. The Morgan fingerprint density at radius 2 is 1.57 bits per heavy atom. The third-order valence-corrected chi connectivity index (χ3v) is 3.52. The first kappa shape index (κ1) is 18.8. The first-order valence-corrected chi connectivity index (χ1v) is 8.48. The lowest BCUT2D eigenvalue weighted by molar-refractivity contribution is -0.0518. The number of ether oxygens (including phenoxy) is 4. The molecule has 1 fully saturated rings. The van der Waals surface area contributed by atoms with Gasteiger partial charge in [0.05, 0.1) is 25.9 Å². The van der Waals surface area contributed by atoms with Gasteiger partial charge in [-0.1, -0.05) is 0 Å². The fourth-order valence-electron chi connectivity index (χ4n) is 2.25. The van der Waals surface area contributed by atoms with Gasteiger partial charge in [-0.15, -0.1) is 0 Å². The fourth-order valence-corrected chi connectivity index (χ4v) is 2.25.